The Kier molecular flexibility index (Phi) is 4.20. The zero-order valence-corrected chi connectivity index (χ0v) is 11.6. The lowest BCUT2D eigenvalue weighted by molar-refractivity contribution is 0.0779. The molecule has 1 amide bonds. The highest BCUT2D eigenvalue weighted by molar-refractivity contribution is 6.31. The number of nitrogen functional groups attached to an aromatic ring is 1. The highest BCUT2D eigenvalue weighted by Crippen LogP contribution is 2.21. The normalized spacial score (nSPS) is 10.3. The van der Waals surface area contributed by atoms with Crippen LogP contribution in [0.1, 0.15) is 16.1 Å². The summed E-state index contributed by atoms with van der Waals surface area (Å²) in [4.78, 5) is 17.5. The lowest BCUT2D eigenvalue weighted by atomic mass is 10.2. The maximum atomic E-state index is 13.7. The number of nitrogens with two attached hydrogens (primary N) is 1. The third kappa shape index (κ3) is 2.88. The fourth-order valence-corrected chi connectivity index (χ4v) is 1.99. The third-order valence-corrected chi connectivity index (χ3v) is 3.20. The Balaban J connectivity index is 2.23. The van der Waals surface area contributed by atoms with Gasteiger partial charge in [0.25, 0.3) is 5.91 Å². The van der Waals surface area contributed by atoms with Gasteiger partial charge in [-0.05, 0) is 24.3 Å². The van der Waals surface area contributed by atoms with Crippen molar-refractivity contribution in [3.63, 3.8) is 0 Å². The van der Waals surface area contributed by atoms with Gasteiger partial charge >= 0.3 is 0 Å². The first kappa shape index (κ1) is 14.3. The highest BCUT2D eigenvalue weighted by atomic mass is 35.5. The molecule has 0 aliphatic carbocycles. The predicted octanol–water partition coefficient (Wildman–Crippen LogP) is 2.73. The molecule has 0 saturated heterocycles. The predicted molar refractivity (Wildman–Crippen MR) is 75.9 cm³/mol. The maximum absolute atomic E-state index is 13.7. The molecule has 104 valence electrons. The molecule has 0 unspecified atom stereocenters. The van der Waals surface area contributed by atoms with Crippen LogP contribution < -0.4 is 5.73 Å². The number of aromatic nitrogens is 1. The summed E-state index contributed by atoms with van der Waals surface area (Å²) in [7, 11) is 1.54. The van der Waals surface area contributed by atoms with E-state index in [1.807, 2.05) is 0 Å². The van der Waals surface area contributed by atoms with Crippen molar-refractivity contribution < 1.29 is 9.18 Å². The number of pyridine rings is 1. The molecular weight excluding hydrogens is 281 g/mol. The first-order chi connectivity index (χ1) is 9.50. The molecule has 0 saturated carbocycles. The van der Waals surface area contributed by atoms with Crippen molar-refractivity contribution in [3.8, 4) is 0 Å². The van der Waals surface area contributed by atoms with E-state index < -0.39 is 5.82 Å². The summed E-state index contributed by atoms with van der Waals surface area (Å²) >= 11 is 5.94. The van der Waals surface area contributed by atoms with Gasteiger partial charge in [-0.3, -0.25) is 4.79 Å². The maximum Gasteiger partial charge on any atom is 0.274 e. The second-order valence-corrected chi connectivity index (χ2v) is 4.71. The van der Waals surface area contributed by atoms with Gasteiger partial charge in [0, 0.05) is 23.8 Å². The number of carbonyl (C=O) groups excluding carboxylic acids is 1. The van der Waals surface area contributed by atoms with Crippen LogP contribution in [0.25, 0.3) is 0 Å². The Morgan fingerprint density at radius 3 is 2.80 bits per heavy atom. The van der Waals surface area contributed by atoms with Crippen LogP contribution in [-0.2, 0) is 6.54 Å². The Morgan fingerprint density at radius 2 is 2.15 bits per heavy atom. The largest absolute Gasteiger partial charge is 0.397 e. The van der Waals surface area contributed by atoms with E-state index in [1.165, 1.54) is 23.2 Å². The van der Waals surface area contributed by atoms with Gasteiger partial charge in [-0.1, -0.05) is 17.7 Å². The van der Waals surface area contributed by atoms with Crippen molar-refractivity contribution >= 4 is 23.2 Å². The van der Waals surface area contributed by atoms with Gasteiger partial charge in [0.2, 0.25) is 0 Å². The van der Waals surface area contributed by atoms with E-state index in [9.17, 15) is 9.18 Å². The third-order valence-electron chi connectivity index (χ3n) is 2.85. The molecule has 0 bridgehead atoms. The Bertz CT molecular complexity index is 628. The number of amides is 1. The van der Waals surface area contributed by atoms with E-state index >= 15 is 0 Å². The van der Waals surface area contributed by atoms with Crippen molar-refractivity contribution in [1.82, 2.24) is 9.88 Å². The number of carbonyl (C=O) groups is 1. The van der Waals surface area contributed by atoms with E-state index in [0.717, 1.165) is 0 Å². The van der Waals surface area contributed by atoms with Crippen molar-refractivity contribution in [2.24, 2.45) is 0 Å². The zero-order chi connectivity index (χ0) is 14.7. The summed E-state index contributed by atoms with van der Waals surface area (Å²) in [5.41, 5.74) is 6.39. The fraction of sp³-hybridized carbons (Fsp3) is 0.143. The minimum Gasteiger partial charge on any atom is -0.397 e. The van der Waals surface area contributed by atoms with E-state index in [2.05, 4.69) is 4.98 Å². The van der Waals surface area contributed by atoms with Crippen LogP contribution in [0.5, 0.6) is 0 Å². The molecule has 1 aromatic carbocycles. The van der Waals surface area contributed by atoms with Crippen LogP contribution in [-0.4, -0.2) is 22.8 Å². The second-order valence-electron chi connectivity index (χ2n) is 4.30. The van der Waals surface area contributed by atoms with Gasteiger partial charge in [0.1, 0.15) is 5.82 Å². The van der Waals surface area contributed by atoms with Gasteiger partial charge in [0.15, 0.2) is 5.69 Å². The van der Waals surface area contributed by atoms with Gasteiger partial charge in [-0.25, -0.2) is 9.37 Å². The highest BCUT2D eigenvalue weighted by Gasteiger charge is 2.18. The van der Waals surface area contributed by atoms with Crippen LogP contribution >= 0.6 is 11.6 Å². The van der Waals surface area contributed by atoms with E-state index in [4.69, 9.17) is 17.3 Å². The van der Waals surface area contributed by atoms with Crippen molar-refractivity contribution in [2.75, 3.05) is 12.8 Å². The van der Waals surface area contributed by atoms with Crippen LogP contribution in [0.15, 0.2) is 36.5 Å². The average molecular weight is 294 g/mol. The molecule has 1 aromatic heterocycles. The summed E-state index contributed by atoms with van der Waals surface area (Å²) in [6, 6.07) is 7.62. The molecule has 0 radical (unpaired) electrons. The van der Waals surface area contributed by atoms with Crippen molar-refractivity contribution in [3.05, 3.63) is 58.6 Å². The van der Waals surface area contributed by atoms with Crippen LogP contribution in [0.2, 0.25) is 5.02 Å². The summed E-state index contributed by atoms with van der Waals surface area (Å²) in [5.74, 6) is -0.839. The molecule has 0 atom stereocenters. The SMILES string of the molecule is CN(Cc1c(F)cccc1Cl)C(=O)c1ncccc1N. The number of hydrogen-bond acceptors (Lipinski definition) is 3. The molecule has 4 nitrogen and oxygen atoms in total. The van der Waals surface area contributed by atoms with E-state index in [-0.39, 0.29) is 34.4 Å². The van der Waals surface area contributed by atoms with Crippen molar-refractivity contribution in [2.45, 2.75) is 6.54 Å². The molecule has 20 heavy (non-hydrogen) atoms. The lowest BCUT2D eigenvalue weighted by Gasteiger charge is -2.18. The first-order valence-corrected chi connectivity index (χ1v) is 6.27. The zero-order valence-electron chi connectivity index (χ0n) is 10.8. The number of rotatable bonds is 3. The number of anilines is 1. The van der Waals surface area contributed by atoms with Gasteiger partial charge in [-0.15, -0.1) is 0 Å². The minimum absolute atomic E-state index is 0.0420. The Labute approximate surface area is 121 Å². The minimum atomic E-state index is -0.453. The molecule has 6 heteroatoms. The van der Waals surface area contributed by atoms with Gasteiger partial charge < -0.3 is 10.6 Å². The molecule has 0 aliphatic heterocycles. The van der Waals surface area contributed by atoms with E-state index in [1.54, 1.807) is 25.2 Å². The van der Waals surface area contributed by atoms with Crippen molar-refractivity contribution in [1.29, 1.82) is 0 Å². The molecule has 0 aliphatic rings. The van der Waals surface area contributed by atoms with Gasteiger partial charge in [-0.2, -0.15) is 0 Å². The molecule has 0 fully saturated rings. The quantitative estimate of drug-likeness (QED) is 0.946. The first-order valence-electron chi connectivity index (χ1n) is 5.89. The second kappa shape index (κ2) is 5.88. The number of hydrogen-bond donors (Lipinski definition) is 1. The van der Waals surface area contributed by atoms with E-state index in [0.29, 0.717) is 0 Å². The monoisotopic (exact) mass is 293 g/mol. The van der Waals surface area contributed by atoms with Crippen LogP contribution in [0.4, 0.5) is 10.1 Å². The summed E-state index contributed by atoms with van der Waals surface area (Å²) < 4.78 is 13.7. The molecule has 1 heterocycles. The Hall–Kier alpha value is -2.14. The molecule has 2 aromatic rings. The van der Waals surface area contributed by atoms with Crippen LogP contribution in [0.3, 0.4) is 0 Å². The molecular formula is C14H13ClFN3O. The number of nitrogens with zero attached hydrogens (tertiary/aromatic N) is 2. The number of halogens is 2. The van der Waals surface area contributed by atoms with Crippen LogP contribution in [0, 0.1) is 5.82 Å². The lowest BCUT2D eigenvalue weighted by Crippen LogP contribution is -2.28. The summed E-state index contributed by atoms with van der Waals surface area (Å²) in [6.07, 6.45) is 1.48. The molecule has 2 N–H and O–H groups in total. The summed E-state index contributed by atoms with van der Waals surface area (Å²) in [5, 5.41) is 0.277. The number of benzene rings is 1. The average Bonchev–Trinajstić information content (AvgIpc) is 2.42. The van der Waals surface area contributed by atoms with Gasteiger partial charge in [0.05, 0.1) is 12.2 Å². The molecule has 2 rings (SSSR count). The summed E-state index contributed by atoms with van der Waals surface area (Å²) in [6.45, 7) is 0.0420. The standard InChI is InChI=1S/C14H13ClFN3O/c1-19(8-9-10(15)4-2-5-11(9)16)14(20)13-12(17)6-3-7-18-13/h2-7H,8,17H2,1H3. The Morgan fingerprint density at radius 1 is 1.40 bits per heavy atom. The fourth-order valence-electron chi connectivity index (χ4n) is 1.77. The smallest absolute Gasteiger partial charge is 0.274 e. The topological polar surface area (TPSA) is 59.2 Å². The molecule has 0 spiro atoms.